The number of carbonyl (C=O) groups excluding carboxylic acids is 1. The van der Waals surface area contributed by atoms with Gasteiger partial charge in [0.25, 0.3) is 0 Å². The van der Waals surface area contributed by atoms with Crippen LogP contribution < -0.4 is 5.73 Å². The molecule has 0 saturated heterocycles. The standard InChI is InChI=1S/C16H20N2O2/c1-12(2)7-8-16(18,15(19)20-3)10-13-5-4-6-14(9-13)11-17/h4-6,9H,1,7-8,10,18H2,2-3H3. The average Bonchev–Trinajstić information content (AvgIpc) is 2.44. The van der Waals surface area contributed by atoms with E-state index in [4.69, 9.17) is 15.7 Å². The maximum Gasteiger partial charge on any atom is 0.326 e. The van der Waals surface area contributed by atoms with Gasteiger partial charge in [-0.3, -0.25) is 4.79 Å². The topological polar surface area (TPSA) is 76.1 Å². The molecule has 2 N–H and O–H groups in total. The van der Waals surface area contributed by atoms with E-state index in [1.165, 1.54) is 7.11 Å². The number of ether oxygens (including phenoxy) is 1. The van der Waals surface area contributed by atoms with Crippen molar-refractivity contribution >= 4 is 5.97 Å². The molecule has 1 atom stereocenters. The highest BCUT2D eigenvalue weighted by Crippen LogP contribution is 2.21. The molecule has 0 bridgehead atoms. The van der Waals surface area contributed by atoms with Gasteiger partial charge < -0.3 is 10.5 Å². The van der Waals surface area contributed by atoms with Gasteiger partial charge in [-0.05, 0) is 37.5 Å². The summed E-state index contributed by atoms with van der Waals surface area (Å²) in [6, 6.07) is 9.17. The van der Waals surface area contributed by atoms with Crippen LogP contribution in [0, 0.1) is 11.3 Å². The number of esters is 1. The molecular formula is C16H20N2O2. The van der Waals surface area contributed by atoms with E-state index < -0.39 is 11.5 Å². The summed E-state index contributed by atoms with van der Waals surface area (Å²) in [5.41, 5.74) is 7.49. The SMILES string of the molecule is C=C(C)CCC(N)(Cc1cccc(C#N)c1)C(=O)OC. The number of hydrogen-bond acceptors (Lipinski definition) is 4. The second-order valence-electron chi connectivity index (χ2n) is 5.09. The van der Waals surface area contributed by atoms with Gasteiger partial charge in [-0.15, -0.1) is 6.58 Å². The van der Waals surface area contributed by atoms with Gasteiger partial charge in [0.05, 0.1) is 18.7 Å². The fraction of sp³-hybridized carbons (Fsp3) is 0.375. The Balaban J connectivity index is 2.96. The van der Waals surface area contributed by atoms with Crippen LogP contribution in [0.25, 0.3) is 0 Å². The fourth-order valence-corrected chi connectivity index (χ4v) is 2.02. The first-order valence-corrected chi connectivity index (χ1v) is 6.42. The van der Waals surface area contributed by atoms with E-state index in [1.54, 1.807) is 18.2 Å². The van der Waals surface area contributed by atoms with E-state index in [1.807, 2.05) is 13.0 Å². The normalized spacial score (nSPS) is 13.1. The van der Waals surface area contributed by atoms with Crippen molar-refractivity contribution in [1.82, 2.24) is 0 Å². The number of nitrogens with zero attached hydrogens (tertiary/aromatic N) is 1. The number of hydrogen-bond donors (Lipinski definition) is 1. The summed E-state index contributed by atoms with van der Waals surface area (Å²) in [6.07, 6.45) is 1.46. The molecule has 1 unspecified atom stereocenters. The molecule has 0 amide bonds. The van der Waals surface area contributed by atoms with Crippen LogP contribution in [0.15, 0.2) is 36.4 Å². The van der Waals surface area contributed by atoms with Gasteiger partial charge in [0.15, 0.2) is 0 Å². The summed E-state index contributed by atoms with van der Waals surface area (Å²) in [5.74, 6) is -0.443. The molecule has 1 rings (SSSR count). The van der Waals surface area contributed by atoms with Crippen molar-refractivity contribution in [3.63, 3.8) is 0 Å². The lowest BCUT2D eigenvalue weighted by Crippen LogP contribution is -2.50. The maximum atomic E-state index is 12.0. The van der Waals surface area contributed by atoms with Crippen molar-refractivity contribution in [3.05, 3.63) is 47.5 Å². The van der Waals surface area contributed by atoms with Gasteiger partial charge in [-0.2, -0.15) is 5.26 Å². The molecule has 0 aliphatic heterocycles. The molecule has 0 aliphatic rings. The van der Waals surface area contributed by atoms with Crippen molar-refractivity contribution in [2.45, 2.75) is 31.7 Å². The van der Waals surface area contributed by atoms with Crippen LogP contribution in [-0.4, -0.2) is 18.6 Å². The third-order valence-corrected chi connectivity index (χ3v) is 3.17. The Kier molecular flexibility index (Phi) is 5.48. The monoisotopic (exact) mass is 272 g/mol. The molecule has 0 radical (unpaired) electrons. The minimum atomic E-state index is -1.10. The van der Waals surface area contributed by atoms with E-state index in [0.29, 0.717) is 24.8 Å². The first kappa shape index (κ1) is 15.9. The summed E-state index contributed by atoms with van der Waals surface area (Å²) in [7, 11) is 1.33. The molecule has 106 valence electrons. The summed E-state index contributed by atoms with van der Waals surface area (Å²) >= 11 is 0. The van der Waals surface area contributed by atoms with E-state index in [9.17, 15) is 4.79 Å². The Hall–Kier alpha value is -2.12. The molecule has 0 aliphatic carbocycles. The second kappa shape index (κ2) is 6.88. The van der Waals surface area contributed by atoms with Crippen LogP contribution >= 0.6 is 0 Å². The lowest BCUT2D eigenvalue weighted by Gasteiger charge is -2.26. The minimum absolute atomic E-state index is 0.336. The lowest BCUT2D eigenvalue weighted by molar-refractivity contribution is -0.147. The van der Waals surface area contributed by atoms with Crippen molar-refractivity contribution in [1.29, 1.82) is 5.26 Å². The molecule has 20 heavy (non-hydrogen) atoms. The van der Waals surface area contributed by atoms with Crippen molar-refractivity contribution in [2.75, 3.05) is 7.11 Å². The van der Waals surface area contributed by atoms with E-state index >= 15 is 0 Å². The molecule has 0 fully saturated rings. The molecule has 0 aromatic heterocycles. The van der Waals surface area contributed by atoms with Crippen molar-refractivity contribution in [2.24, 2.45) is 5.73 Å². The zero-order chi connectivity index (χ0) is 15.2. The number of carbonyl (C=O) groups is 1. The Morgan fingerprint density at radius 2 is 2.25 bits per heavy atom. The zero-order valence-corrected chi connectivity index (χ0v) is 12.0. The van der Waals surface area contributed by atoms with Gasteiger partial charge >= 0.3 is 5.97 Å². The number of rotatable bonds is 6. The molecule has 1 aromatic rings. The van der Waals surface area contributed by atoms with Gasteiger partial charge in [-0.25, -0.2) is 0 Å². The Morgan fingerprint density at radius 1 is 1.55 bits per heavy atom. The molecule has 4 nitrogen and oxygen atoms in total. The number of benzene rings is 1. The molecule has 1 aromatic carbocycles. The zero-order valence-electron chi connectivity index (χ0n) is 12.0. The minimum Gasteiger partial charge on any atom is -0.468 e. The summed E-state index contributed by atoms with van der Waals surface area (Å²) < 4.78 is 4.82. The Labute approximate surface area is 119 Å². The van der Waals surface area contributed by atoms with Crippen LogP contribution in [0.5, 0.6) is 0 Å². The first-order valence-electron chi connectivity index (χ1n) is 6.42. The van der Waals surface area contributed by atoms with Crippen molar-refractivity contribution < 1.29 is 9.53 Å². The highest BCUT2D eigenvalue weighted by molar-refractivity contribution is 5.81. The maximum absolute atomic E-state index is 12.0. The molecule has 0 saturated carbocycles. The highest BCUT2D eigenvalue weighted by atomic mass is 16.5. The molecular weight excluding hydrogens is 252 g/mol. The number of allylic oxidation sites excluding steroid dienone is 1. The second-order valence-corrected chi connectivity index (χ2v) is 5.09. The number of nitriles is 1. The Morgan fingerprint density at radius 3 is 2.80 bits per heavy atom. The third kappa shape index (κ3) is 4.22. The van der Waals surface area contributed by atoms with Crippen LogP contribution in [0.2, 0.25) is 0 Å². The summed E-state index contributed by atoms with van der Waals surface area (Å²) in [5, 5.41) is 8.91. The lowest BCUT2D eigenvalue weighted by atomic mass is 9.86. The van der Waals surface area contributed by atoms with Gasteiger partial charge in [0.2, 0.25) is 0 Å². The van der Waals surface area contributed by atoms with Crippen LogP contribution in [0.4, 0.5) is 0 Å². The fourth-order valence-electron chi connectivity index (χ4n) is 2.02. The van der Waals surface area contributed by atoms with Gasteiger partial charge in [0.1, 0.15) is 5.54 Å². The largest absolute Gasteiger partial charge is 0.468 e. The van der Waals surface area contributed by atoms with E-state index in [-0.39, 0.29) is 0 Å². The van der Waals surface area contributed by atoms with E-state index in [2.05, 4.69) is 12.6 Å². The summed E-state index contributed by atoms with van der Waals surface area (Å²) in [4.78, 5) is 12.0. The quantitative estimate of drug-likeness (QED) is 0.637. The predicted molar refractivity (Wildman–Crippen MR) is 77.8 cm³/mol. The van der Waals surface area contributed by atoms with Crippen LogP contribution in [0.1, 0.15) is 30.9 Å². The highest BCUT2D eigenvalue weighted by Gasteiger charge is 2.35. The average molecular weight is 272 g/mol. The van der Waals surface area contributed by atoms with Crippen molar-refractivity contribution in [3.8, 4) is 6.07 Å². The molecule has 0 spiro atoms. The number of nitrogens with two attached hydrogens (primary N) is 1. The van der Waals surface area contributed by atoms with E-state index in [0.717, 1.165) is 11.1 Å². The Bertz CT molecular complexity index is 546. The molecule has 0 heterocycles. The smallest absolute Gasteiger partial charge is 0.326 e. The third-order valence-electron chi connectivity index (χ3n) is 3.17. The van der Waals surface area contributed by atoms with Gasteiger partial charge in [-0.1, -0.05) is 17.7 Å². The predicted octanol–water partition coefficient (Wildman–Crippen LogP) is 2.33. The van der Waals surface area contributed by atoms with Crippen LogP contribution in [-0.2, 0) is 16.0 Å². The number of methoxy groups -OCH3 is 1. The molecule has 4 heteroatoms. The van der Waals surface area contributed by atoms with Gasteiger partial charge in [0, 0.05) is 6.42 Å². The first-order chi connectivity index (χ1) is 9.41. The summed E-state index contributed by atoms with van der Waals surface area (Å²) in [6.45, 7) is 5.72. The van der Waals surface area contributed by atoms with Crippen LogP contribution in [0.3, 0.4) is 0 Å².